The summed E-state index contributed by atoms with van der Waals surface area (Å²) < 4.78 is 0. The van der Waals surface area contributed by atoms with Crippen molar-refractivity contribution in [2.24, 2.45) is 0 Å². The van der Waals surface area contributed by atoms with Crippen LogP contribution >= 0.6 is 0 Å². The molecule has 2 aromatic rings. The Bertz CT molecular complexity index is 552. The lowest BCUT2D eigenvalue weighted by atomic mass is 9.94. The van der Waals surface area contributed by atoms with E-state index in [9.17, 15) is 5.11 Å². The summed E-state index contributed by atoms with van der Waals surface area (Å²) in [5.41, 5.74) is 4.92. The molecule has 1 heteroatoms. The van der Waals surface area contributed by atoms with Gasteiger partial charge in [0.15, 0.2) is 0 Å². The fourth-order valence-electron chi connectivity index (χ4n) is 2.64. The molecular weight excluding hydrogens is 232 g/mol. The Kier molecular flexibility index (Phi) is 3.39. The molecule has 3 rings (SSSR count). The van der Waals surface area contributed by atoms with Crippen LogP contribution in [0, 0.1) is 6.92 Å². The summed E-state index contributed by atoms with van der Waals surface area (Å²) in [6.45, 7) is 2.09. The van der Waals surface area contributed by atoms with E-state index in [0.29, 0.717) is 12.3 Å². The maximum absolute atomic E-state index is 10.5. The minimum Gasteiger partial charge on any atom is -0.388 e. The number of aliphatic hydroxyl groups is 1. The van der Waals surface area contributed by atoms with Gasteiger partial charge in [0.2, 0.25) is 0 Å². The molecule has 1 nitrogen and oxygen atoms in total. The van der Waals surface area contributed by atoms with Crippen LogP contribution in [0.2, 0.25) is 0 Å². The molecule has 0 aliphatic heterocycles. The molecule has 1 fully saturated rings. The second kappa shape index (κ2) is 5.18. The van der Waals surface area contributed by atoms with E-state index in [1.165, 1.54) is 29.5 Å². The lowest BCUT2D eigenvalue weighted by Gasteiger charge is -2.15. The van der Waals surface area contributed by atoms with Gasteiger partial charge >= 0.3 is 0 Å². The monoisotopic (exact) mass is 252 g/mol. The number of aliphatic hydroxyl groups excluding tert-OH is 1. The number of hydrogen-bond acceptors (Lipinski definition) is 1. The van der Waals surface area contributed by atoms with Crippen LogP contribution in [0.5, 0.6) is 0 Å². The summed E-state index contributed by atoms with van der Waals surface area (Å²) in [7, 11) is 0. The largest absolute Gasteiger partial charge is 0.388 e. The van der Waals surface area contributed by atoms with Crippen molar-refractivity contribution in [1.29, 1.82) is 0 Å². The Morgan fingerprint density at radius 2 is 1.74 bits per heavy atom. The van der Waals surface area contributed by atoms with Crippen molar-refractivity contribution in [1.82, 2.24) is 0 Å². The van der Waals surface area contributed by atoms with E-state index in [-0.39, 0.29) is 6.10 Å². The predicted molar refractivity (Wildman–Crippen MR) is 78.3 cm³/mol. The van der Waals surface area contributed by atoms with Crippen LogP contribution < -0.4 is 0 Å². The first-order valence-electron chi connectivity index (χ1n) is 7.06. The van der Waals surface area contributed by atoms with Gasteiger partial charge < -0.3 is 5.11 Å². The highest BCUT2D eigenvalue weighted by atomic mass is 16.3. The van der Waals surface area contributed by atoms with Crippen molar-refractivity contribution in [3.05, 3.63) is 70.8 Å². The molecule has 2 aromatic carbocycles. The molecule has 1 N–H and O–H groups in total. The molecule has 1 aliphatic carbocycles. The Morgan fingerprint density at radius 1 is 1.05 bits per heavy atom. The van der Waals surface area contributed by atoms with Gasteiger partial charge in [-0.15, -0.1) is 0 Å². The van der Waals surface area contributed by atoms with Gasteiger partial charge in [-0.25, -0.2) is 0 Å². The third-order valence-electron chi connectivity index (χ3n) is 3.92. The van der Waals surface area contributed by atoms with Crippen molar-refractivity contribution in [2.75, 3.05) is 0 Å². The highest BCUT2D eigenvalue weighted by Crippen LogP contribution is 2.43. The van der Waals surface area contributed by atoms with E-state index >= 15 is 0 Å². The molecule has 1 atom stereocenters. The van der Waals surface area contributed by atoms with Crippen LogP contribution in [0.15, 0.2) is 48.5 Å². The van der Waals surface area contributed by atoms with Gasteiger partial charge in [-0.2, -0.15) is 0 Å². The van der Waals surface area contributed by atoms with E-state index in [2.05, 4.69) is 49.4 Å². The average Bonchev–Trinajstić information content (AvgIpc) is 3.26. The number of aryl methyl sites for hydroxylation is 1. The normalized spacial score (nSPS) is 16.3. The SMILES string of the molecule is Cc1ccc(CC(O)c2ccccc2C2CC2)cc1. The maximum Gasteiger partial charge on any atom is 0.0833 e. The third kappa shape index (κ3) is 2.87. The van der Waals surface area contributed by atoms with E-state index in [1.807, 2.05) is 6.07 Å². The summed E-state index contributed by atoms with van der Waals surface area (Å²) in [6.07, 6.45) is 2.85. The quantitative estimate of drug-likeness (QED) is 0.866. The molecule has 0 bridgehead atoms. The molecular formula is C18H20O. The summed E-state index contributed by atoms with van der Waals surface area (Å²) in [4.78, 5) is 0. The number of rotatable bonds is 4. The molecule has 0 aromatic heterocycles. The zero-order valence-electron chi connectivity index (χ0n) is 11.3. The van der Waals surface area contributed by atoms with Gasteiger partial charge in [-0.05, 0) is 42.4 Å². The molecule has 1 unspecified atom stereocenters. The molecule has 1 saturated carbocycles. The van der Waals surface area contributed by atoms with Crippen LogP contribution in [0.4, 0.5) is 0 Å². The van der Waals surface area contributed by atoms with E-state index in [4.69, 9.17) is 0 Å². The van der Waals surface area contributed by atoms with Crippen molar-refractivity contribution < 1.29 is 5.11 Å². The van der Waals surface area contributed by atoms with Crippen molar-refractivity contribution >= 4 is 0 Å². The number of benzene rings is 2. The highest BCUT2D eigenvalue weighted by Gasteiger charge is 2.27. The van der Waals surface area contributed by atoms with Crippen LogP contribution in [0.1, 0.15) is 47.1 Å². The molecule has 98 valence electrons. The summed E-state index contributed by atoms with van der Waals surface area (Å²) >= 11 is 0. The lowest BCUT2D eigenvalue weighted by molar-refractivity contribution is 0.177. The molecule has 19 heavy (non-hydrogen) atoms. The van der Waals surface area contributed by atoms with Crippen molar-refractivity contribution in [3.8, 4) is 0 Å². The number of hydrogen-bond donors (Lipinski definition) is 1. The van der Waals surface area contributed by atoms with Gasteiger partial charge in [0.1, 0.15) is 0 Å². The van der Waals surface area contributed by atoms with Crippen LogP contribution in [-0.2, 0) is 6.42 Å². The molecule has 0 heterocycles. The first-order chi connectivity index (χ1) is 9.24. The summed E-state index contributed by atoms with van der Waals surface area (Å²) in [6, 6.07) is 16.8. The van der Waals surface area contributed by atoms with Crippen LogP contribution in [0.3, 0.4) is 0 Å². The Balaban J connectivity index is 1.80. The highest BCUT2D eigenvalue weighted by molar-refractivity contribution is 5.36. The van der Waals surface area contributed by atoms with Gasteiger partial charge in [0, 0.05) is 6.42 Å². The maximum atomic E-state index is 10.5. The van der Waals surface area contributed by atoms with Crippen molar-refractivity contribution in [2.45, 2.75) is 38.2 Å². The first kappa shape index (κ1) is 12.4. The van der Waals surface area contributed by atoms with Crippen LogP contribution in [0.25, 0.3) is 0 Å². The Hall–Kier alpha value is -1.60. The lowest BCUT2D eigenvalue weighted by Crippen LogP contribution is -2.05. The molecule has 1 aliphatic rings. The second-order valence-electron chi connectivity index (χ2n) is 5.61. The topological polar surface area (TPSA) is 20.2 Å². The summed E-state index contributed by atoms with van der Waals surface area (Å²) in [5.74, 6) is 0.684. The fraction of sp³-hybridized carbons (Fsp3) is 0.333. The molecule has 0 amide bonds. The van der Waals surface area contributed by atoms with Crippen LogP contribution in [-0.4, -0.2) is 5.11 Å². The molecule has 0 radical (unpaired) electrons. The molecule has 0 spiro atoms. The van der Waals surface area contributed by atoms with Gasteiger partial charge in [-0.1, -0.05) is 54.1 Å². The van der Waals surface area contributed by atoms with Crippen molar-refractivity contribution in [3.63, 3.8) is 0 Å². The van der Waals surface area contributed by atoms with Gasteiger partial charge in [0.05, 0.1) is 6.10 Å². The zero-order chi connectivity index (χ0) is 13.2. The van der Waals surface area contributed by atoms with E-state index in [1.54, 1.807) is 0 Å². The standard InChI is InChI=1S/C18H20O/c1-13-6-8-14(9-7-13)12-18(19)17-5-3-2-4-16(17)15-10-11-15/h2-9,15,18-19H,10-12H2,1H3. The first-order valence-corrected chi connectivity index (χ1v) is 7.06. The van der Waals surface area contributed by atoms with E-state index < -0.39 is 0 Å². The zero-order valence-corrected chi connectivity index (χ0v) is 11.3. The fourth-order valence-corrected chi connectivity index (χ4v) is 2.64. The Labute approximate surface area is 114 Å². The average molecular weight is 252 g/mol. The summed E-state index contributed by atoms with van der Waals surface area (Å²) in [5, 5.41) is 10.5. The predicted octanol–water partition coefficient (Wildman–Crippen LogP) is 4.15. The molecule has 0 saturated heterocycles. The third-order valence-corrected chi connectivity index (χ3v) is 3.92. The minimum atomic E-state index is -0.389. The smallest absolute Gasteiger partial charge is 0.0833 e. The Morgan fingerprint density at radius 3 is 2.42 bits per heavy atom. The van der Waals surface area contributed by atoms with E-state index in [0.717, 1.165) is 5.56 Å². The minimum absolute atomic E-state index is 0.389. The van der Waals surface area contributed by atoms with Gasteiger partial charge in [0.25, 0.3) is 0 Å². The van der Waals surface area contributed by atoms with Gasteiger partial charge in [-0.3, -0.25) is 0 Å². The second-order valence-corrected chi connectivity index (χ2v) is 5.61.